The van der Waals surface area contributed by atoms with Crippen molar-refractivity contribution in [1.82, 2.24) is 0 Å². The summed E-state index contributed by atoms with van der Waals surface area (Å²) in [4.78, 5) is 11.9. The van der Waals surface area contributed by atoms with Crippen LogP contribution < -0.4 is 9.47 Å². The number of carbonyl (C=O) groups is 1. The second kappa shape index (κ2) is 13.3. The molecule has 0 bridgehead atoms. The van der Waals surface area contributed by atoms with Gasteiger partial charge in [0.15, 0.2) is 6.10 Å². The Morgan fingerprint density at radius 1 is 0.758 bits per heavy atom. The lowest BCUT2D eigenvalue weighted by Crippen LogP contribution is -2.27. The van der Waals surface area contributed by atoms with Gasteiger partial charge in [-0.15, -0.1) is 0 Å². The van der Waals surface area contributed by atoms with Gasteiger partial charge in [0.1, 0.15) is 11.5 Å². The van der Waals surface area contributed by atoms with Crippen LogP contribution in [0.5, 0.6) is 11.5 Å². The molecule has 0 amide bonds. The molecule has 0 heterocycles. The van der Waals surface area contributed by atoms with E-state index in [9.17, 15) is 4.79 Å². The van der Waals surface area contributed by atoms with Crippen LogP contribution in [0.2, 0.25) is 0 Å². The first-order valence-corrected chi connectivity index (χ1v) is 11.4. The van der Waals surface area contributed by atoms with Crippen molar-refractivity contribution in [1.29, 1.82) is 0 Å². The van der Waals surface area contributed by atoms with Crippen LogP contribution in [0.4, 0.5) is 0 Å². The van der Waals surface area contributed by atoms with Crippen molar-refractivity contribution in [3.63, 3.8) is 0 Å². The van der Waals surface area contributed by atoms with Crippen molar-refractivity contribution in [2.75, 3.05) is 26.9 Å². The molecule has 0 N–H and O–H groups in total. The predicted molar refractivity (Wildman–Crippen MR) is 130 cm³/mol. The van der Waals surface area contributed by atoms with Crippen LogP contribution in [-0.2, 0) is 20.7 Å². The molecule has 0 aliphatic carbocycles. The van der Waals surface area contributed by atoms with Crippen LogP contribution >= 0.6 is 0 Å². The van der Waals surface area contributed by atoms with Crippen LogP contribution in [0.3, 0.4) is 0 Å². The first kappa shape index (κ1) is 24.3. The third-order valence-electron chi connectivity index (χ3n) is 5.22. The van der Waals surface area contributed by atoms with Gasteiger partial charge in [0.2, 0.25) is 0 Å². The fourth-order valence-electron chi connectivity index (χ4n) is 3.39. The van der Waals surface area contributed by atoms with Crippen LogP contribution in [0, 0.1) is 0 Å². The molecule has 0 aliphatic heterocycles. The molecule has 0 fully saturated rings. The van der Waals surface area contributed by atoms with E-state index in [1.807, 2.05) is 54.6 Å². The van der Waals surface area contributed by atoms with E-state index < -0.39 is 6.10 Å². The molecule has 3 aromatic carbocycles. The summed E-state index contributed by atoms with van der Waals surface area (Å²) in [6, 6.07) is 26.2. The van der Waals surface area contributed by atoms with Gasteiger partial charge in [-0.25, -0.2) is 4.79 Å². The van der Waals surface area contributed by atoms with Crippen LogP contribution in [0.25, 0.3) is 11.1 Å². The predicted octanol–water partition coefficient (Wildman–Crippen LogP) is 5.71. The van der Waals surface area contributed by atoms with Gasteiger partial charge in [0.05, 0.1) is 19.8 Å². The standard InChI is InChI=1S/C28H32O5/c1-3-31-28(29)27(30-2)21-22-11-15-25(16-12-22)32-19-7-8-20-33-26-17-13-24(14-18-26)23-9-5-4-6-10-23/h4-6,9-18,27H,3,7-8,19-21H2,1-2H3/t27-/m0/s1. The van der Waals surface area contributed by atoms with Gasteiger partial charge in [-0.05, 0) is 60.7 Å². The van der Waals surface area contributed by atoms with Crippen molar-refractivity contribution in [2.45, 2.75) is 32.3 Å². The zero-order valence-corrected chi connectivity index (χ0v) is 19.4. The number of benzene rings is 3. The van der Waals surface area contributed by atoms with E-state index in [0.717, 1.165) is 29.9 Å². The van der Waals surface area contributed by atoms with Gasteiger partial charge in [0, 0.05) is 13.5 Å². The highest BCUT2D eigenvalue weighted by Crippen LogP contribution is 2.22. The summed E-state index contributed by atoms with van der Waals surface area (Å²) in [5.74, 6) is 1.35. The molecular formula is C28H32O5. The van der Waals surface area contributed by atoms with Gasteiger partial charge >= 0.3 is 5.97 Å². The van der Waals surface area contributed by atoms with Gasteiger partial charge < -0.3 is 18.9 Å². The van der Waals surface area contributed by atoms with E-state index in [1.165, 1.54) is 18.2 Å². The molecule has 174 valence electrons. The highest BCUT2D eigenvalue weighted by molar-refractivity contribution is 5.75. The van der Waals surface area contributed by atoms with E-state index >= 15 is 0 Å². The molecule has 3 rings (SSSR count). The van der Waals surface area contributed by atoms with Crippen molar-refractivity contribution in [2.24, 2.45) is 0 Å². The Labute approximate surface area is 196 Å². The molecule has 0 aromatic heterocycles. The lowest BCUT2D eigenvalue weighted by molar-refractivity contribution is -0.154. The molecule has 0 saturated carbocycles. The van der Waals surface area contributed by atoms with Crippen molar-refractivity contribution < 1.29 is 23.7 Å². The average Bonchev–Trinajstić information content (AvgIpc) is 2.86. The van der Waals surface area contributed by atoms with Crippen LogP contribution in [0.1, 0.15) is 25.3 Å². The number of unbranched alkanes of at least 4 members (excludes halogenated alkanes) is 1. The van der Waals surface area contributed by atoms with Crippen molar-refractivity contribution in [3.8, 4) is 22.6 Å². The lowest BCUT2D eigenvalue weighted by atomic mass is 10.1. The molecule has 3 aromatic rings. The highest BCUT2D eigenvalue weighted by atomic mass is 16.6. The summed E-state index contributed by atoms with van der Waals surface area (Å²) in [7, 11) is 1.52. The number of ether oxygens (including phenoxy) is 4. The number of rotatable bonds is 13. The Morgan fingerprint density at radius 2 is 1.30 bits per heavy atom. The monoisotopic (exact) mass is 448 g/mol. The number of methoxy groups -OCH3 is 1. The minimum Gasteiger partial charge on any atom is -0.494 e. The summed E-state index contributed by atoms with van der Waals surface area (Å²) in [5.41, 5.74) is 3.38. The van der Waals surface area contributed by atoms with Gasteiger partial charge in [-0.1, -0.05) is 54.6 Å². The fourth-order valence-corrected chi connectivity index (χ4v) is 3.39. The maximum Gasteiger partial charge on any atom is 0.335 e. The molecule has 0 spiro atoms. The summed E-state index contributed by atoms with van der Waals surface area (Å²) in [6.07, 6.45) is 1.69. The smallest absolute Gasteiger partial charge is 0.335 e. The summed E-state index contributed by atoms with van der Waals surface area (Å²) in [6.45, 7) is 3.40. The highest BCUT2D eigenvalue weighted by Gasteiger charge is 2.19. The first-order chi connectivity index (χ1) is 16.2. The normalized spacial score (nSPS) is 11.6. The number of esters is 1. The zero-order chi connectivity index (χ0) is 23.3. The van der Waals surface area contributed by atoms with Crippen molar-refractivity contribution >= 4 is 5.97 Å². The molecular weight excluding hydrogens is 416 g/mol. The molecule has 33 heavy (non-hydrogen) atoms. The third-order valence-corrected chi connectivity index (χ3v) is 5.22. The van der Waals surface area contributed by atoms with Gasteiger partial charge in [-0.3, -0.25) is 0 Å². The molecule has 5 nitrogen and oxygen atoms in total. The number of carbonyl (C=O) groups excluding carboxylic acids is 1. The maximum absolute atomic E-state index is 11.9. The molecule has 0 aliphatic rings. The van der Waals surface area contributed by atoms with Gasteiger partial charge in [-0.2, -0.15) is 0 Å². The SMILES string of the molecule is CCOC(=O)[C@H](Cc1ccc(OCCCCOc2ccc(-c3ccccc3)cc2)cc1)OC. The van der Waals surface area contributed by atoms with Gasteiger partial charge in [0.25, 0.3) is 0 Å². The largest absolute Gasteiger partial charge is 0.494 e. The Kier molecular flexibility index (Phi) is 9.80. The summed E-state index contributed by atoms with van der Waals surface area (Å²) < 4.78 is 21.9. The number of hydrogen-bond acceptors (Lipinski definition) is 5. The number of hydrogen-bond donors (Lipinski definition) is 0. The molecule has 5 heteroatoms. The molecule has 0 unspecified atom stereocenters. The topological polar surface area (TPSA) is 54.0 Å². The molecule has 1 atom stereocenters. The maximum atomic E-state index is 11.9. The Bertz CT molecular complexity index is 952. The summed E-state index contributed by atoms with van der Waals surface area (Å²) >= 11 is 0. The minimum absolute atomic E-state index is 0.338. The Morgan fingerprint density at radius 3 is 1.85 bits per heavy atom. The van der Waals surface area contributed by atoms with E-state index in [-0.39, 0.29) is 5.97 Å². The average molecular weight is 449 g/mol. The van der Waals surface area contributed by atoms with Crippen molar-refractivity contribution in [3.05, 3.63) is 84.4 Å². The zero-order valence-electron chi connectivity index (χ0n) is 19.4. The minimum atomic E-state index is -0.591. The Balaban J connectivity index is 1.33. The van der Waals surface area contributed by atoms with E-state index in [1.54, 1.807) is 6.92 Å². The van der Waals surface area contributed by atoms with Crippen LogP contribution in [-0.4, -0.2) is 39.0 Å². The van der Waals surface area contributed by atoms with Crippen LogP contribution in [0.15, 0.2) is 78.9 Å². The molecule has 0 saturated heterocycles. The molecule has 0 radical (unpaired) electrons. The first-order valence-electron chi connectivity index (χ1n) is 11.4. The fraction of sp³-hybridized carbons (Fsp3) is 0.321. The second-order valence-corrected chi connectivity index (χ2v) is 7.62. The van der Waals surface area contributed by atoms with E-state index in [0.29, 0.717) is 26.2 Å². The Hall–Kier alpha value is -3.31. The lowest BCUT2D eigenvalue weighted by Gasteiger charge is -2.14. The summed E-state index contributed by atoms with van der Waals surface area (Å²) in [5, 5.41) is 0. The third kappa shape index (κ3) is 7.95. The quantitative estimate of drug-likeness (QED) is 0.248. The van der Waals surface area contributed by atoms with E-state index in [4.69, 9.17) is 18.9 Å². The second-order valence-electron chi connectivity index (χ2n) is 7.62. The van der Waals surface area contributed by atoms with E-state index in [2.05, 4.69) is 24.3 Å².